The molecule has 0 amide bonds. The summed E-state index contributed by atoms with van der Waals surface area (Å²) in [6, 6.07) is 4.30. The predicted molar refractivity (Wildman–Crippen MR) is 47.8 cm³/mol. The van der Waals surface area contributed by atoms with Gasteiger partial charge >= 0.3 is 5.82 Å². The fraction of sp³-hybridized carbons (Fsp3) is 0.400. The van der Waals surface area contributed by atoms with Crippen LogP contribution in [-0.4, -0.2) is 17.3 Å². The molecule has 0 bridgehead atoms. The molecule has 0 fully saturated rings. The Hall–Kier alpha value is -1.18. The third-order valence-corrected chi connectivity index (χ3v) is 2.56. The summed E-state index contributed by atoms with van der Waals surface area (Å²) in [5.74, 6) is 1.33. The zero-order chi connectivity index (χ0) is 8.72. The van der Waals surface area contributed by atoms with E-state index in [0.29, 0.717) is 0 Å². The first-order chi connectivity index (χ1) is 5.70. The molecule has 2 nitrogen and oxygen atoms in total. The highest BCUT2D eigenvalue weighted by Crippen LogP contribution is 2.19. The van der Waals surface area contributed by atoms with Crippen molar-refractivity contribution in [3.63, 3.8) is 0 Å². The van der Waals surface area contributed by atoms with Crippen molar-refractivity contribution in [3.05, 3.63) is 23.9 Å². The number of aryl methyl sites for hydroxylation is 1. The van der Waals surface area contributed by atoms with Gasteiger partial charge in [-0.2, -0.15) is 0 Å². The fourth-order valence-electron chi connectivity index (χ4n) is 1.82. The minimum absolute atomic E-state index is 1.10. The first-order valence-electron chi connectivity index (χ1n) is 4.24. The van der Waals surface area contributed by atoms with Crippen molar-refractivity contribution in [2.45, 2.75) is 13.3 Å². The maximum atomic E-state index is 2.26. The second-order valence-electron chi connectivity index (χ2n) is 3.44. The summed E-state index contributed by atoms with van der Waals surface area (Å²) < 4.78 is 4.43. The van der Waals surface area contributed by atoms with Crippen LogP contribution in [-0.2, 0) is 13.5 Å². The number of hydrogen-bond donors (Lipinski definition) is 0. The van der Waals surface area contributed by atoms with Gasteiger partial charge < -0.3 is 0 Å². The molecule has 2 heteroatoms. The van der Waals surface area contributed by atoms with Gasteiger partial charge in [0.15, 0.2) is 11.9 Å². The van der Waals surface area contributed by atoms with Crippen LogP contribution in [0.25, 0.3) is 0 Å². The molecule has 12 heavy (non-hydrogen) atoms. The summed E-state index contributed by atoms with van der Waals surface area (Å²) >= 11 is 0. The molecule has 2 rings (SSSR count). The van der Waals surface area contributed by atoms with Crippen molar-refractivity contribution in [2.75, 3.05) is 7.05 Å². The molecule has 1 aliphatic rings. The average molecular weight is 162 g/mol. The lowest BCUT2D eigenvalue weighted by Crippen LogP contribution is -2.31. The van der Waals surface area contributed by atoms with E-state index < -0.39 is 0 Å². The fourth-order valence-corrected chi connectivity index (χ4v) is 1.82. The van der Waals surface area contributed by atoms with Gasteiger partial charge in [0.2, 0.25) is 0 Å². The molecule has 0 saturated carbocycles. The molecule has 2 heterocycles. The van der Waals surface area contributed by atoms with Gasteiger partial charge in [0.1, 0.15) is 19.7 Å². The van der Waals surface area contributed by atoms with Crippen LogP contribution < -0.4 is 4.57 Å². The van der Waals surface area contributed by atoms with Crippen molar-refractivity contribution in [2.24, 2.45) is 7.05 Å². The SMILES string of the molecule is CC1=[N+](C)c2c(ccc[n+]2C)C1. The molecular formula is C10H14N2+2. The minimum Gasteiger partial charge on any atom is -0.147 e. The highest BCUT2D eigenvalue weighted by atomic mass is 15.1. The van der Waals surface area contributed by atoms with Gasteiger partial charge in [0.25, 0.3) is 0 Å². The first kappa shape index (κ1) is 7.47. The first-order valence-corrected chi connectivity index (χ1v) is 4.24. The topological polar surface area (TPSA) is 6.89 Å². The highest BCUT2D eigenvalue weighted by Gasteiger charge is 2.31. The minimum atomic E-state index is 1.10. The van der Waals surface area contributed by atoms with Crippen molar-refractivity contribution in [1.29, 1.82) is 0 Å². The normalized spacial score (nSPS) is 15.2. The molecule has 0 unspecified atom stereocenters. The third kappa shape index (κ3) is 0.876. The number of pyridine rings is 1. The molecule has 0 saturated heterocycles. The van der Waals surface area contributed by atoms with E-state index in [-0.39, 0.29) is 0 Å². The van der Waals surface area contributed by atoms with E-state index in [2.05, 4.69) is 48.5 Å². The van der Waals surface area contributed by atoms with Gasteiger partial charge in [-0.25, -0.2) is 0 Å². The summed E-state index contributed by atoms with van der Waals surface area (Å²) in [7, 11) is 4.22. The van der Waals surface area contributed by atoms with Crippen LogP contribution in [0.3, 0.4) is 0 Å². The van der Waals surface area contributed by atoms with Gasteiger partial charge in [0.05, 0.1) is 6.42 Å². The Morgan fingerprint density at radius 2 is 2.08 bits per heavy atom. The molecular weight excluding hydrogens is 148 g/mol. The second-order valence-corrected chi connectivity index (χ2v) is 3.44. The van der Waals surface area contributed by atoms with Crippen LogP contribution in [0.15, 0.2) is 18.3 Å². The Balaban J connectivity index is 2.67. The van der Waals surface area contributed by atoms with Crippen molar-refractivity contribution >= 4 is 11.5 Å². The van der Waals surface area contributed by atoms with Gasteiger partial charge in [0, 0.05) is 13.0 Å². The number of fused-ring (bicyclic) bond motifs is 1. The molecule has 62 valence electrons. The number of nitrogens with zero attached hydrogens (tertiary/aromatic N) is 2. The summed E-state index contributed by atoms with van der Waals surface area (Å²) in [6.07, 6.45) is 3.19. The summed E-state index contributed by atoms with van der Waals surface area (Å²) in [5.41, 5.74) is 2.85. The van der Waals surface area contributed by atoms with E-state index in [9.17, 15) is 0 Å². The summed E-state index contributed by atoms with van der Waals surface area (Å²) in [6.45, 7) is 2.18. The zero-order valence-electron chi connectivity index (χ0n) is 7.83. The molecule has 0 N–H and O–H groups in total. The molecule has 0 aliphatic carbocycles. The smallest absolute Gasteiger partial charge is 0.147 e. The monoisotopic (exact) mass is 162 g/mol. The van der Waals surface area contributed by atoms with Gasteiger partial charge in [-0.15, -0.1) is 9.14 Å². The molecule has 1 aliphatic heterocycles. The number of hydrogen-bond acceptors (Lipinski definition) is 0. The van der Waals surface area contributed by atoms with Crippen LogP contribution in [0.1, 0.15) is 12.5 Å². The number of rotatable bonds is 0. The average Bonchev–Trinajstić information content (AvgIpc) is 2.29. The Bertz CT molecular complexity index is 364. The molecule has 1 aromatic heterocycles. The summed E-state index contributed by atoms with van der Waals surface area (Å²) in [4.78, 5) is 0. The van der Waals surface area contributed by atoms with E-state index >= 15 is 0 Å². The Labute approximate surface area is 72.8 Å². The van der Waals surface area contributed by atoms with Crippen molar-refractivity contribution in [1.82, 2.24) is 0 Å². The van der Waals surface area contributed by atoms with Gasteiger partial charge in [-0.1, -0.05) is 0 Å². The highest BCUT2D eigenvalue weighted by molar-refractivity contribution is 5.83. The van der Waals surface area contributed by atoms with Crippen LogP contribution in [0, 0.1) is 0 Å². The molecule has 0 spiro atoms. The van der Waals surface area contributed by atoms with Crippen LogP contribution in [0.5, 0.6) is 0 Å². The third-order valence-electron chi connectivity index (χ3n) is 2.56. The van der Waals surface area contributed by atoms with E-state index in [1.54, 1.807) is 0 Å². The lowest BCUT2D eigenvalue weighted by molar-refractivity contribution is -0.717. The van der Waals surface area contributed by atoms with Gasteiger partial charge in [-0.05, 0) is 6.07 Å². The van der Waals surface area contributed by atoms with Crippen molar-refractivity contribution < 1.29 is 9.14 Å². The van der Waals surface area contributed by atoms with Crippen molar-refractivity contribution in [3.8, 4) is 0 Å². The molecule has 0 aromatic carbocycles. The zero-order valence-corrected chi connectivity index (χ0v) is 7.83. The van der Waals surface area contributed by atoms with E-state index in [1.807, 2.05) is 0 Å². The van der Waals surface area contributed by atoms with E-state index in [4.69, 9.17) is 0 Å². The second kappa shape index (κ2) is 2.41. The largest absolute Gasteiger partial charge is 0.446 e. The lowest BCUT2D eigenvalue weighted by Gasteiger charge is -1.91. The van der Waals surface area contributed by atoms with Gasteiger partial charge in [-0.3, -0.25) is 0 Å². The van der Waals surface area contributed by atoms with E-state index in [0.717, 1.165) is 6.42 Å². The van der Waals surface area contributed by atoms with Crippen LogP contribution in [0.4, 0.5) is 5.82 Å². The molecule has 0 atom stereocenters. The molecule has 0 radical (unpaired) electrons. The Morgan fingerprint density at radius 1 is 1.33 bits per heavy atom. The van der Waals surface area contributed by atoms with Crippen LogP contribution >= 0.6 is 0 Å². The quantitative estimate of drug-likeness (QED) is 0.498. The maximum Gasteiger partial charge on any atom is 0.446 e. The van der Waals surface area contributed by atoms with E-state index in [1.165, 1.54) is 17.1 Å². The maximum absolute atomic E-state index is 2.26. The standard InChI is InChI=1S/C10H14N2/c1-8-7-9-5-4-6-11(2)10(9)12(8)3/h4-6H,7H2,1-3H3/q+2. The Morgan fingerprint density at radius 3 is 2.75 bits per heavy atom. The number of aromatic nitrogens is 1. The van der Waals surface area contributed by atoms with Crippen LogP contribution in [0.2, 0.25) is 0 Å². The molecule has 1 aromatic rings. The summed E-state index contributed by atoms with van der Waals surface area (Å²) in [5, 5.41) is 0. The lowest BCUT2D eigenvalue weighted by atomic mass is 10.2. The Kier molecular flexibility index (Phi) is 1.50. The predicted octanol–water partition coefficient (Wildman–Crippen LogP) is 0.802.